The molecule has 1 nitrogen and oxygen atoms in total. The summed E-state index contributed by atoms with van der Waals surface area (Å²) in [5, 5.41) is 3.72. The summed E-state index contributed by atoms with van der Waals surface area (Å²) in [5.74, 6) is 0. The fourth-order valence-corrected chi connectivity index (χ4v) is 3.65. The molecule has 1 heteroatoms. The Morgan fingerprint density at radius 1 is 0.480 bits per heavy atom. The van der Waals surface area contributed by atoms with Gasteiger partial charge < -0.3 is 5.32 Å². The first-order chi connectivity index (χ1) is 12.3. The summed E-state index contributed by atoms with van der Waals surface area (Å²) in [6, 6.07) is 0.721. The summed E-state index contributed by atoms with van der Waals surface area (Å²) >= 11 is 0. The first kappa shape index (κ1) is 25.0. The largest absolute Gasteiger partial charge is 0.314 e. The number of hydrogen-bond acceptors (Lipinski definition) is 1. The number of rotatable bonds is 21. The Kier molecular flexibility index (Phi) is 22.0. The average Bonchev–Trinajstić information content (AvgIpc) is 2.62. The van der Waals surface area contributed by atoms with E-state index in [-0.39, 0.29) is 0 Å². The minimum absolute atomic E-state index is 0.721. The lowest BCUT2D eigenvalue weighted by Gasteiger charge is -2.13. The smallest absolute Gasteiger partial charge is 0.00387 e. The second kappa shape index (κ2) is 22.0. The monoisotopic (exact) mass is 353 g/mol. The minimum Gasteiger partial charge on any atom is -0.314 e. The molecule has 0 aromatic rings. The topological polar surface area (TPSA) is 12.0 Å². The zero-order chi connectivity index (χ0) is 18.4. The van der Waals surface area contributed by atoms with Crippen LogP contribution in [0.25, 0.3) is 0 Å². The van der Waals surface area contributed by atoms with Gasteiger partial charge in [-0.1, -0.05) is 123 Å². The molecule has 25 heavy (non-hydrogen) atoms. The van der Waals surface area contributed by atoms with Gasteiger partial charge in [-0.05, 0) is 26.3 Å². The standard InChI is InChI=1S/C24H51N/c1-4-6-8-10-12-13-14-15-16-17-19-21-23-25-24(3)22-20-18-11-9-7-5-2/h24-25H,4-23H2,1-3H3. The van der Waals surface area contributed by atoms with E-state index >= 15 is 0 Å². The Morgan fingerprint density at radius 2 is 0.840 bits per heavy atom. The molecular weight excluding hydrogens is 302 g/mol. The SMILES string of the molecule is CCCCCCCCCCCCCCNC(C)CCCCCCCC. The summed E-state index contributed by atoms with van der Waals surface area (Å²) in [6.07, 6.45) is 27.2. The van der Waals surface area contributed by atoms with Crippen LogP contribution in [-0.2, 0) is 0 Å². The zero-order valence-electron chi connectivity index (χ0n) is 18.2. The number of hydrogen-bond donors (Lipinski definition) is 1. The Labute approximate surface area is 161 Å². The average molecular weight is 354 g/mol. The van der Waals surface area contributed by atoms with Gasteiger partial charge in [-0.25, -0.2) is 0 Å². The van der Waals surface area contributed by atoms with Crippen LogP contribution in [0.2, 0.25) is 0 Å². The molecule has 0 aliphatic rings. The van der Waals surface area contributed by atoms with E-state index in [0.717, 1.165) is 6.04 Å². The zero-order valence-corrected chi connectivity index (χ0v) is 18.2. The van der Waals surface area contributed by atoms with Gasteiger partial charge in [0.15, 0.2) is 0 Å². The second-order valence-corrected chi connectivity index (χ2v) is 8.30. The molecule has 1 N–H and O–H groups in total. The predicted octanol–water partition coefficient (Wildman–Crippen LogP) is 8.42. The first-order valence-corrected chi connectivity index (χ1v) is 12.0. The third-order valence-corrected chi connectivity index (χ3v) is 5.51. The maximum atomic E-state index is 3.72. The third kappa shape index (κ3) is 21.9. The van der Waals surface area contributed by atoms with Crippen molar-refractivity contribution in [1.82, 2.24) is 5.32 Å². The van der Waals surface area contributed by atoms with Crippen LogP contribution in [0, 0.1) is 0 Å². The van der Waals surface area contributed by atoms with Crippen LogP contribution in [0.3, 0.4) is 0 Å². The van der Waals surface area contributed by atoms with Gasteiger partial charge in [-0.15, -0.1) is 0 Å². The third-order valence-electron chi connectivity index (χ3n) is 5.51. The van der Waals surface area contributed by atoms with E-state index in [9.17, 15) is 0 Å². The lowest BCUT2D eigenvalue weighted by atomic mass is 10.0. The molecule has 0 fully saturated rings. The summed E-state index contributed by atoms with van der Waals surface area (Å²) < 4.78 is 0. The van der Waals surface area contributed by atoms with Gasteiger partial charge >= 0.3 is 0 Å². The van der Waals surface area contributed by atoms with E-state index in [2.05, 4.69) is 26.1 Å². The molecule has 0 aromatic heterocycles. The van der Waals surface area contributed by atoms with Gasteiger partial charge in [0.1, 0.15) is 0 Å². The van der Waals surface area contributed by atoms with Crippen LogP contribution in [0.5, 0.6) is 0 Å². The second-order valence-electron chi connectivity index (χ2n) is 8.30. The van der Waals surface area contributed by atoms with Crippen molar-refractivity contribution in [3.05, 3.63) is 0 Å². The van der Waals surface area contributed by atoms with Crippen LogP contribution in [0.15, 0.2) is 0 Å². The quantitative estimate of drug-likeness (QED) is 0.204. The molecule has 1 atom stereocenters. The van der Waals surface area contributed by atoms with E-state index in [1.54, 1.807) is 0 Å². The van der Waals surface area contributed by atoms with Crippen molar-refractivity contribution < 1.29 is 0 Å². The lowest BCUT2D eigenvalue weighted by Crippen LogP contribution is -2.26. The Morgan fingerprint density at radius 3 is 1.28 bits per heavy atom. The molecule has 0 heterocycles. The van der Waals surface area contributed by atoms with Crippen LogP contribution in [0.1, 0.15) is 143 Å². The highest BCUT2D eigenvalue weighted by molar-refractivity contribution is 4.61. The van der Waals surface area contributed by atoms with Crippen LogP contribution >= 0.6 is 0 Å². The molecule has 0 saturated heterocycles. The van der Waals surface area contributed by atoms with E-state index < -0.39 is 0 Å². The van der Waals surface area contributed by atoms with Crippen LogP contribution < -0.4 is 5.32 Å². The van der Waals surface area contributed by atoms with Gasteiger partial charge in [0.25, 0.3) is 0 Å². The maximum absolute atomic E-state index is 3.72. The van der Waals surface area contributed by atoms with Crippen molar-refractivity contribution in [2.75, 3.05) is 6.54 Å². The number of nitrogens with one attached hydrogen (secondary N) is 1. The predicted molar refractivity (Wildman–Crippen MR) is 117 cm³/mol. The van der Waals surface area contributed by atoms with Gasteiger partial charge in [0.2, 0.25) is 0 Å². The van der Waals surface area contributed by atoms with Gasteiger partial charge in [-0.2, -0.15) is 0 Å². The molecule has 1 unspecified atom stereocenters. The summed E-state index contributed by atoms with van der Waals surface area (Å²) in [7, 11) is 0. The molecule has 0 spiro atoms. The Hall–Kier alpha value is -0.0400. The molecule has 0 rings (SSSR count). The molecular formula is C24H51N. The van der Waals surface area contributed by atoms with Crippen LogP contribution in [-0.4, -0.2) is 12.6 Å². The van der Waals surface area contributed by atoms with E-state index in [4.69, 9.17) is 0 Å². The van der Waals surface area contributed by atoms with E-state index in [0.29, 0.717) is 0 Å². The highest BCUT2D eigenvalue weighted by Gasteiger charge is 2.00. The molecule has 152 valence electrons. The van der Waals surface area contributed by atoms with Crippen molar-refractivity contribution >= 4 is 0 Å². The van der Waals surface area contributed by atoms with Gasteiger partial charge in [0.05, 0.1) is 0 Å². The first-order valence-electron chi connectivity index (χ1n) is 12.0. The normalized spacial score (nSPS) is 12.6. The maximum Gasteiger partial charge on any atom is 0.00387 e. The highest BCUT2D eigenvalue weighted by atomic mass is 14.9. The Bertz CT molecular complexity index is 226. The van der Waals surface area contributed by atoms with Gasteiger partial charge in [-0.3, -0.25) is 0 Å². The van der Waals surface area contributed by atoms with Gasteiger partial charge in [0, 0.05) is 6.04 Å². The van der Waals surface area contributed by atoms with E-state index in [1.165, 1.54) is 129 Å². The lowest BCUT2D eigenvalue weighted by molar-refractivity contribution is 0.464. The molecule has 0 saturated carbocycles. The highest BCUT2D eigenvalue weighted by Crippen LogP contribution is 2.12. The molecule has 0 aliphatic carbocycles. The fourth-order valence-electron chi connectivity index (χ4n) is 3.65. The molecule has 0 bridgehead atoms. The molecule has 0 aromatic carbocycles. The Balaban J connectivity index is 3.09. The van der Waals surface area contributed by atoms with Crippen molar-refractivity contribution in [3.8, 4) is 0 Å². The molecule has 0 radical (unpaired) electrons. The van der Waals surface area contributed by atoms with Crippen molar-refractivity contribution in [2.24, 2.45) is 0 Å². The molecule has 0 aliphatic heterocycles. The fraction of sp³-hybridized carbons (Fsp3) is 1.00. The van der Waals surface area contributed by atoms with Crippen molar-refractivity contribution in [3.63, 3.8) is 0 Å². The van der Waals surface area contributed by atoms with Crippen LogP contribution in [0.4, 0.5) is 0 Å². The van der Waals surface area contributed by atoms with E-state index in [1.807, 2.05) is 0 Å². The van der Waals surface area contributed by atoms with Crippen molar-refractivity contribution in [2.45, 2.75) is 149 Å². The minimum atomic E-state index is 0.721. The number of unbranched alkanes of at least 4 members (excludes halogenated alkanes) is 16. The van der Waals surface area contributed by atoms with Crippen molar-refractivity contribution in [1.29, 1.82) is 0 Å². The summed E-state index contributed by atoms with van der Waals surface area (Å²) in [5.41, 5.74) is 0. The molecule has 0 amide bonds. The summed E-state index contributed by atoms with van der Waals surface area (Å²) in [6.45, 7) is 8.19. The summed E-state index contributed by atoms with van der Waals surface area (Å²) in [4.78, 5) is 0.